The number of cyclic esters (lactones) is 1. The number of carboxylic acids is 4. The summed E-state index contributed by atoms with van der Waals surface area (Å²) in [6.07, 6.45) is -2.23. The maximum Gasteiger partial charge on any atom is 0.329 e. The number of hydrogen-bond donors (Lipinski definition) is 22. The van der Waals surface area contributed by atoms with Gasteiger partial charge in [-0.15, -0.1) is 0 Å². The van der Waals surface area contributed by atoms with Crippen molar-refractivity contribution in [1.29, 1.82) is 0 Å². The Kier molecular flexibility index (Phi) is 39.9. The Morgan fingerprint density at radius 2 is 1.09 bits per heavy atom. The zero-order valence-electron chi connectivity index (χ0n) is 64.5. The molecule has 0 saturated carbocycles. The Bertz CT molecular complexity index is 4060. The van der Waals surface area contributed by atoms with E-state index in [0.29, 0.717) is 29.3 Å². The van der Waals surface area contributed by atoms with Crippen LogP contribution in [0.2, 0.25) is 0 Å². The number of fused-ring (bicyclic) bond motifs is 1. The number of nitrogens with one attached hydrogen (secondary N) is 15. The Morgan fingerprint density at radius 1 is 0.552 bits per heavy atom. The molecule has 0 radical (unpaired) electrons. The number of unbranched alkanes of at least 4 members (excludes halogenated alkanes) is 6. The highest BCUT2D eigenvalue weighted by Gasteiger charge is 2.41. The molecule has 636 valence electrons. The number of aliphatic hydroxyl groups excluding tert-OH is 1. The lowest BCUT2D eigenvalue weighted by Crippen LogP contribution is -2.62. The first kappa shape index (κ1) is 95.7. The second-order valence-electron chi connectivity index (χ2n) is 27.5. The van der Waals surface area contributed by atoms with Crippen molar-refractivity contribution in [3.8, 4) is 0 Å². The first-order chi connectivity index (χ1) is 54.9. The number of anilines is 1. The maximum atomic E-state index is 14.9. The highest BCUT2D eigenvalue weighted by molar-refractivity contribution is 6.05. The number of Topliss-reactive ketones (excluding diaryl/α,β-unsaturated/α-hetero) is 1. The average molecular weight is 1630 g/mol. The number of aromatic amines is 1. The van der Waals surface area contributed by atoms with Crippen LogP contribution in [0.4, 0.5) is 5.69 Å². The molecule has 0 aliphatic carbocycles. The number of amides is 14. The number of carboxylic acid groups (broad SMARTS) is 4. The van der Waals surface area contributed by atoms with Crippen LogP contribution in [-0.4, -0.2) is 255 Å². The number of nitrogens with two attached hydrogens (primary N) is 2. The van der Waals surface area contributed by atoms with Crippen molar-refractivity contribution in [3.05, 3.63) is 65.9 Å². The van der Waals surface area contributed by atoms with E-state index in [4.69, 9.17) is 16.2 Å². The summed E-state index contributed by atoms with van der Waals surface area (Å²) in [7, 11) is 1.41. The molecule has 43 nitrogen and oxygen atoms in total. The maximum absolute atomic E-state index is 14.9. The van der Waals surface area contributed by atoms with Crippen LogP contribution in [0.1, 0.15) is 146 Å². The summed E-state index contributed by atoms with van der Waals surface area (Å²) in [6.45, 7) is 1.17. The number of carbonyl (C=O) groups is 20. The molecule has 0 unspecified atom stereocenters. The summed E-state index contributed by atoms with van der Waals surface area (Å²) >= 11 is 0. The van der Waals surface area contributed by atoms with Gasteiger partial charge in [-0.2, -0.15) is 0 Å². The number of aliphatic hydroxyl groups is 1. The van der Waals surface area contributed by atoms with Crippen LogP contribution in [0, 0.1) is 5.92 Å². The van der Waals surface area contributed by atoms with Crippen molar-refractivity contribution in [2.75, 3.05) is 38.6 Å². The van der Waals surface area contributed by atoms with Crippen LogP contribution in [0.25, 0.3) is 10.9 Å². The van der Waals surface area contributed by atoms with Crippen LogP contribution >= 0.6 is 0 Å². The SMILES string of the molecule is CCCCCCCCCC(=O)N[C@@H](Cc1c[nH]c2ccccc12)C(=O)N[C@H](CC(N)=O)C(=O)N[C@@H](CC(=O)O)C(=O)N[C@@H]1C(=O)NCC(=O)N[C@@H](CCCN)C(=O)N[C@@H](CC(=O)O)C(=O)N[C@H](C)C(=O)N[C@@H](CC(=O)O)C(=O)NCC(=O)N[C@H](CO)C(=O)N[C@@H]([C@H](C)CC(=O)O)C(=O)N[C@@H](CC(=O)c2ccccc2NC)C(=O)O[C@@H]1C. The zero-order valence-corrected chi connectivity index (χ0v) is 64.5. The molecule has 14 amide bonds. The van der Waals surface area contributed by atoms with Crippen LogP contribution in [0.3, 0.4) is 0 Å². The van der Waals surface area contributed by atoms with Gasteiger partial charge in [-0.1, -0.05) is 82.7 Å². The number of hydrogen-bond acceptors (Lipinski definition) is 24. The van der Waals surface area contributed by atoms with Crippen LogP contribution < -0.4 is 85.9 Å². The Labute approximate surface area is 664 Å². The van der Waals surface area contributed by atoms with Crippen molar-refractivity contribution in [3.63, 3.8) is 0 Å². The number of ketones is 1. The number of esters is 1. The van der Waals surface area contributed by atoms with E-state index in [1.807, 2.05) is 16.0 Å². The molecule has 13 atom stereocenters. The number of benzene rings is 2. The van der Waals surface area contributed by atoms with Crippen molar-refractivity contribution < 1.29 is 126 Å². The van der Waals surface area contributed by atoms with Gasteiger partial charge in [-0.05, 0) is 69.3 Å². The second-order valence-corrected chi connectivity index (χ2v) is 27.5. The molecule has 116 heavy (non-hydrogen) atoms. The van der Waals surface area contributed by atoms with Crippen molar-refractivity contribution in [2.45, 2.75) is 209 Å². The van der Waals surface area contributed by atoms with Gasteiger partial charge in [0.1, 0.15) is 72.6 Å². The molecule has 0 spiro atoms. The fraction of sp³-hybridized carbons (Fsp3) is 0.534. The van der Waals surface area contributed by atoms with E-state index >= 15 is 0 Å². The normalized spacial score (nSPS) is 21.1. The van der Waals surface area contributed by atoms with E-state index in [-0.39, 0.29) is 43.5 Å². The Balaban J connectivity index is 1.89. The molecule has 0 bridgehead atoms. The molecule has 4 rings (SSSR count). The van der Waals surface area contributed by atoms with Crippen LogP contribution in [0.15, 0.2) is 54.7 Å². The zero-order chi connectivity index (χ0) is 86.5. The summed E-state index contributed by atoms with van der Waals surface area (Å²) in [4.78, 5) is 277. The molecular weight excluding hydrogens is 1530 g/mol. The van der Waals surface area contributed by atoms with E-state index < -0.39 is 255 Å². The number of H-pyrrole nitrogens is 1. The predicted octanol–water partition coefficient (Wildman–Crippen LogP) is -5.16. The molecule has 1 saturated heterocycles. The van der Waals surface area contributed by atoms with Gasteiger partial charge in [-0.3, -0.25) is 91.1 Å². The number of para-hydroxylation sites is 2. The first-order valence-corrected chi connectivity index (χ1v) is 37.3. The van der Waals surface area contributed by atoms with Gasteiger partial charge in [0.2, 0.25) is 82.7 Å². The van der Waals surface area contributed by atoms with Crippen LogP contribution in [-0.2, 0) is 102 Å². The summed E-state index contributed by atoms with van der Waals surface area (Å²) < 4.78 is 5.72. The topological polar surface area (TPSA) is 688 Å². The fourth-order valence-corrected chi connectivity index (χ4v) is 11.9. The van der Waals surface area contributed by atoms with Crippen molar-refractivity contribution in [2.24, 2.45) is 17.4 Å². The van der Waals surface area contributed by atoms with Gasteiger partial charge in [0.15, 0.2) is 5.78 Å². The molecule has 1 aliphatic rings. The summed E-state index contributed by atoms with van der Waals surface area (Å²) in [5, 5.41) is 81.7. The minimum atomic E-state index is -2.44. The third-order valence-corrected chi connectivity index (χ3v) is 18.1. The van der Waals surface area contributed by atoms with Crippen molar-refractivity contribution in [1.82, 2.24) is 74.1 Å². The Morgan fingerprint density at radius 3 is 1.70 bits per heavy atom. The van der Waals surface area contributed by atoms with Gasteiger partial charge in [0, 0.05) is 54.7 Å². The summed E-state index contributed by atoms with van der Waals surface area (Å²) in [5.41, 5.74) is 12.5. The average Bonchev–Trinajstić information content (AvgIpc) is 1.59. The highest BCUT2D eigenvalue weighted by atomic mass is 16.5. The quantitative estimate of drug-likeness (QED) is 0.0147. The molecule has 43 heteroatoms. The molecule has 2 heterocycles. The first-order valence-electron chi connectivity index (χ1n) is 37.3. The molecular formula is C73H103N17O26. The minimum absolute atomic E-state index is 0.0164. The molecule has 1 fully saturated rings. The fourth-order valence-electron chi connectivity index (χ4n) is 11.9. The predicted molar refractivity (Wildman–Crippen MR) is 405 cm³/mol. The van der Waals surface area contributed by atoms with E-state index in [1.165, 1.54) is 31.3 Å². The summed E-state index contributed by atoms with van der Waals surface area (Å²) in [6, 6.07) is -10.0. The van der Waals surface area contributed by atoms with E-state index in [2.05, 4.69) is 70.4 Å². The Hall–Kier alpha value is -12.7. The van der Waals surface area contributed by atoms with E-state index in [9.17, 15) is 121 Å². The third kappa shape index (κ3) is 32.4. The number of ether oxygens (including phenoxy) is 1. The molecule has 1 aromatic heterocycles. The highest BCUT2D eigenvalue weighted by Crippen LogP contribution is 2.22. The number of rotatable bonds is 36. The monoisotopic (exact) mass is 1630 g/mol. The van der Waals surface area contributed by atoms with Crippen molar-refractivity contribution >= 4 is 135 Å². The second kappa shape index (κ2) is 48.4. The molecule has 24 N–H and O–H groups in total. The lowest BCUT2D eigenvalue weighted by Gasteiger charge is -2.30. The van der Waals surface area contributed by atoms with Gasteiger partial charge in [-0.25, -0.2) is 4.79 Å². The van der Waals surface area contributed by atoms with Gasteiger partial charge in [0.25, 0.3) is 0 Å². The minimum Gasteiger partial charge on any atom is -0.481 e. The smallest absolute Gasteiger partial charge is 0.329 e. The molecule has 1 aliphatic heterocycles. The summed E-state index contributed by atoms with van der Waals surface area (Å²) in [5.74, 6) is -29.5. The van der Waals surface area contributed by atoms with Crippen LogP contribution in [0.5, 0.6) is 0 Å². The molecule has 3 aromatic rings. The van der Waals surface area contributed by atoms with E-state index in [1.54, 1.807) is 30.5 Å². The standard InChI is InChI=1S/C73H103N17O26/c1-6-7-8-9-10-11-12-23-54(94)82-45(26-39-32-77-43-21-16-13-18-40(39)43)67(109)85-46(28-53(75)93)68(110)87-49(31-60(103)104)69(111)90-62-38(4)116-73(115)50(27-52(92)41-19-14-15-20-42(41)76-5)88-72(114)61(36(2)25-57(97)98)89-70(112)51(35-91)83-56(96)33-78-64(106)47(29-58(99)100)84-63(105)37(3)80-66(108)48(30-59(101)102)86-65(107)44(22-17-24-74)81-55(95)34-79-71(62)113/h13-16,18-21,32,36-38,44-51,61-62,76-77,91H,6-12,17,22-31,33-35,74H2,1-5H3,(H2,75,93)(H,78,106)(H,79,113)(H,80,108)(H,81,95)(H,82,94)(H,83,96)(H,84,105)(H,85,109)(H,86,107)(H,87,110)(H,88,114)(H,89,112)(H,90,111)(H,97,98)(H,99,100)(H,101,102)(H,103,104)/t36-,37-,38-,44+,45+,46-,47+,48+,49+,50+,51-,61+,62+/m1/s1. The van der Waals surface area contributed by atoms with E-state index in [0.717, 1.165) is 52.9 Å². The number of aliphatic carboxylic acids is 4. The molecule has 2 aromatic carbocycles. The lowest BCUT2D eigenvalue weighted by atomic mass is 9.95. The number of primary amides is 1. The third-order valence-electron chi connectivity index (χ3n) is 18.1. The number of carbonyl (C=O) groups excluding carboxylic acids is 16. The van der Waals surface area contributed by atoms with Gasteiger partial charge < -0.3 is 121 Å². The number of aromatic nitrogens is 1. The van der Waals surface area contributed by atoms with Gasteiger partial charge >= 0.3 is 29.8 Å². The van der Waals surface area contributed by atoms with Gasteiger partial charge in [0.05, 0.1) is 51.8 Å². The lowest BCUT2D eigenvalue weighted by molar-refractivity contribution is -0.156. The largest absolute Gasteiger partial charge is 0.481 e.